The van der Waals surface area contributed by atoms with Gasteiger partial charge in [-0.2, -0.15) is 0 Å². The largest absolute Gasteiger partial charge is 0.0622 e. The van der Waals surface area contributed by atoms with Crippen LogP contribution in [0.2, 0.25) is 0 Å². The second kappa shape index (κ2) is 12.0. The molecule has 0 atom stereocenters. The third-order valence-electron chi connectivity index (χ3n) is 13.0. The van der Waals surface area contributed by atoms with E-state index in [1.54, 1.807) is 0 Å². The van der Waals surface area contributed by atoms with Crippen LogP contribution in [-0.2, 0) is 5.41 Å². The molecule has 0 heteroatoms. The second-order valence-corrected chi connectivity index (χ2v) is 16.4. The van der Waals surface area contributed by atoms with E-state index in [0.717, 1.165) is 0 Å². The third kappa shape index (κ3) is 4.68. The zero-order valence-corrected chi connectivity index (χ0v) is 32.0. The lowest BCUT2D eigenvalue weighted by Crippen LogP contribution is -2.14. The van der Waals surface area contributed by atoms with Crippen LogP contribution >= 0.6 is 0 Å². The number of rotatable bonds is 3. The molecule has 57 heavy (non-hydrogen) atoms. The zero-order valence-electron chi connectivity index (χ0n) is 32.0. The Bertz CT molecular complexity index is 3460. The van der Waals surface area contributed by atoms with E-state index in [4.69, 9.17) is 0 Å². The van der Waals surface area contributed by atoms with Crippen molar-refractivity contribution in [2.24, 2.45) is 0 Å². The van der Waals surface area contributed by atoms with Gasteiger partial charge in [-0.15, -0.1) is 0 Å². The average molecular weight is 723 g/mol. The van der Waals surface area contributed by atoms with E-state index in [0.29, 0.717) is 0 Å². The molecule has 0 heterocycles. The van der Waals surface area contributed by atoms with Crippen molar-refractivity contribution in [1.29, 1.82) is 0 Å². The van der Waals surface area contributed by atoms with Crippen molar-refractivity contribution < 1.29 is 0 Å². The van der Waals surface area contributed by atoms with E-state index < -0.39 is 0 Å². The third-order valence-corrected chi connectivity index (χ3v) is 13.0. The Morgan fingerprint density at radius 2 is 0.632 bits per heavy atom. The molecule has 0 unspecified atom stereocenters. The number of hydrogen-bond donors (Lipinski definition) is 0. The van der Waals surface area contributed by atoms with Crippen molar-refractivity contribution in [2.75, 3.05) is 0 Å². The summed E-state index contributed by atoms with van der Waals surface area (Å²) < 4.78 is 0. The maximum atomic E-state index is 2.49. The minimum absolute atomic E-state index is 0.0473. The van der Waals surface area contributed by atoms with Crippen LogP contribution in [0.5, 0.6) is 0 Å². The summed E-state index contributed by atoms with van der Waals surface area (Å²) in [6, 6.07) is 72.6. The smallest absolute Gasteiger partial charge is 0.0159 e. The molecule has 0 aromatic heterocycles. The summed E-state index contributed by atoms with van der Waals surface area (Å²) in [4.78, 5) is 0. The van der Waals surface area contributed by atoms with Gasteiger partial charge < -0.3 is 0 Å². The Kier molecular flexibility index (Phi) is 6.78. The predicted octanol–water partition coefficient (Wildman–Crippen LogP) is 15.9. The Morgan fingerprint density at radius 1 is 0.228 bits per heavy atom. The first-order chi connectivity index (χ1) is 28.0. The standard InChI is InChI=1S/C57H38/c1-57(2)55-23-13-12-22-46(55)54-33-52-44-21-11-10-20-43(44)49-30-38(28-29-45(49)53(52)34-56(54)57)35-24-26-37(27-25-35)48-32-51-41-18-8-6-16-39(41)47(36-14-4-3-5-15-36)31-50(51)42-19-9-7-17-40(42)48/h3-34H,1-2H3. The fraction of sp³-hybridized carbons (Fsp3) is 0.0526. The number of benzene rings is 11. The van der Waals surface area contributed by atoms with Gasteiger partial charge in [-0.25, -0.2) is 0 Å². The van der Waals surface area contributed by atoms with Crippen molar-refractivity contribution in [3.05, 3.63) is 205 Å². The SMILES string of the molecule is CC1(C)c2ccccc2-c2cc3c4ccccc4c4cc(-c5ccc(-c6cc7c8ccccc8c(-c8ccccc8)cc7c7ccccc67)cc5)ccc4c3cc21. The van der Waals surface area contributed by atoms with Crippen molar-refractivity contribution in [1.82, 2.24) is 0 Å². The van der Waals surface area contributed by atoms with Crippen molar-refractivity contribution in [3.63, 3.8) is 0 Å². The Balaban J connectivity index is 1.01. The summed E-state index contributed by atoms with van der Waals surface area (Å²) in [5.41, 5.74) is 13.0. The quantitative estimate of drug-likeness (QED) is 0.159. The molecule has 0 fully saturated rings. The van der Waals surface area contributed by atoms with E-state index in [1.165, 1.54) is 120 Å². The van der Waals surface area contributed by atoms with Crippen LogP contribution < -0.4 is 0 Å². The molecule has 0 nitrogen and oxygen atoms in total. The highest BCUT2D eigenvalue weighted by Gasteiger charge is 2.35. The maximum absolute atomic E-state index is 2.49. The summed E-state index contributed by atoms with van der Waals surface area (Å²) in [5, 5.41) is 15.6. The summed E-state index contributed by atoms with van der Waals surface area (Å²) in [6.07, 6.45) is 0. The normalized spacial score (nSPS) is 13.2. The Morgan fingerprint density at radius 3 is 1.25 bits per heavy atom. The summed E-state index contributed by atoms with van der Waals surface area (Å²) in [6.45, 7) is 4.75. The van der Waals surface area contributed by atoms with Gasteiger partial charge >= 0.3 is 0 Å². The van der Waals surface area contributed by atoms with Crippen molar-refractivity contribution >= 4 is 64.6 Å². The predicted molar refractivity (Wildman–Crippen MR) is 245 cm³/mol. The summed E-state index contributed by atoms with van der Waals surface area (Å²) in [5.74, 6) is 0. The van der Waals surface area contributed by atoms with Gasteiger partial charge in [0.05, 0.1) is 0 Å². The lowest BCUT2D eigenvalue weighted by Gasteiger charge is -2.22. The summed E-state index contributed by atoms with van der Waals surface area (Å²) >= 11 is 0. The molecular weight excluding hydrogens is 685 g/mol. The van der Waals surface area contributed by atoms with Gasteiger partial charge in [-0.05, 0) is 151 Å². The van der Waals surface area contributed by atoms with Gasteiger partial charge in [-0.3, -0.25) is 0 Å². The molecule has 0 bridgehead atoms. The van der Waals surface area contributed by atoms with Crippen LogP contribution in [0.3, 0.4) is 0 Å². The average Bonchev–Trinajstić information content (AvgIpc) is 3.50. The highest BCUT2D eigenvalue weighted by molar-refractivity contribution is 6.27. The van der Waals surface area contributed by atoms with Gasteiger partial charge in [0.1, 0.15) is 0 Å². The van der Waals surface area contributed by atoms with E-state index >= 15 is 0 Å². The van der Waals surface area contributed by atoms with E-state index in [9.17, 15) is 0 Å². The lowest BCUT2D eigenvalue weighted by atomic mass is 9.81. The van der Waals surface area contributed by atoms with Gasteiger partial charge in [0.15, 0.2) is 0 Å². The molecule has 0 aliphatic heterocycles. The molecule has 1 aliphatic rings. The maximum Gasteiger partial charge on any atom is 0.0159 e. The first-order valence-electron chi connectivity index (χ1n) is 20.1. The molecule has 0 N–H and O–H groups in total. The Hall–Kier alpha value is -7.02. The van der Waals surface area contributed by atoms with Crippen LogP contribution in [0.1, 0.15) is 25.0 Å². The molecule has 11 aromatic rings. The molecular formula is C57H38. The molecule has 1 aliphatic carbocycles. The number of hydrogen-bond acceptors (Lipinski definition) is 0. The Labute approximate surface area is 332 Å². The fourth-order valence-electron chi connectivity index (χ4n) is 10.2. The van der Waals surface area contributed by atoms with E-state index in [2.05, 4.69) is 208 Å². The topological polar surface area (TPSA) is 0 Å². The monoisotopic (exact) mass is 722 g/mol. The van der Waals surface area contributed by atoms with Gasteiger partial charge in [0, 0.05) is 5.41 Å². The van der Waals surface area contributed by atoms with Crippen LogP contribution in [-0.4, -0.2) is 0 Å². The second-order valence-electron chi connectivity index (χ2n) is 16.4. The van der Waals surface area contributed by atoms with Crippen molar-refractivity contribution in [3.8, 4) is 44.5 Å². The molecule has 0 spiro atoms. The first-order valence-corrected chi connectivity index (χ1v) is 20.1. The van der Waals surface area contributed by atoms with Crippen LogP contribution in [0, 0.1) is 0 Å². The molecule has 0 amide bonds. The highest BCUT2D eigenvalue weighted by Crippen LogP contribution is 2.51. The van der Waals surface area contributed by atoms with Gasteiger partial charge in [0.2, 0.25) is 0 Å². The first kappa shape index (κ1) is 32.2. The summed E-state index contributed by atoms with van der Waals surface area (Å²) in [7, 11) is 0. The van der Waals surface area contributed by atoms with Crippen LogP contribution in [0.15, 0.2) is 194 Å². The molecule has 12 rings (SSSR count). The lowest BCUT2D eigenvalue weighted by molar-refractivity contribution is 0.661. The fourth-order valence-corrected chi connectivity index (χ4v) is 10.2. The zero-order chi connectivity index (χ0) is 37.8. The molecule has 0 saturated carbocycles. The van der Waals surface area contributed by atoms with Crippen LogP contribution in [0.4, 0.5) is 0 Å². The van der Waals surface area contributed by atoms with Gasteiger partial charge in [0.25, 0.3) is 0 Å². The molecule has 0 saturated heterocycles. The minimum atomic E-state index is -0.0473. The van der Waals surface area contributed by atoms with Gasteiger partial charge in [-0.1, -0.05) is 178 Å². The van der Waals surface area contributed by atoms with Crippen LogP contribution in [0.25, 0.3) is 109 Å². The highest BCUT2D eigenvalue weighted by atomic mass is 14.4. The number of fused-ring (bicyclic) bond motifs is 14. The molecule has 0 radical (unpaired) electrons. The minimum Gasteiger partial charge on any atom is -0.0622 e. The van der Waals surface area contributed by atoms with E-state index in [-0.39, 0.29) is 5.41 Å². The van der Waals surface area contributed by atoms with E-state index in [1.807, 2.05) is 0 Å². The molecule has 266 valence electrons. The molecule has 11 aromatic carbocycles. The van der Waals surface area contributed by atoms with Crippen molar-refractivity contribution in [2.45, 2.75) is 19.3 Å².